The van der Waals surface area contributed by atoms with Gasteiger partial charge in [0.2, 0.25) is 5.91 Å². The van der Waals surface area contributed by atoms with Crippen molar-refractivity contribution in [2.45, 2.75) is 17.2 Å². The van der Waals surface area contributed by atoms with Crippen molar-refractivity contribution in [3.63, 3.8) is 0 Å². The number of carbonyl (C=O) groups is 3. The van der Waals surface area contributed by atoms with Gasteiger partial charge in [-0.1, -0.05) is 18.2 Å². The molecule has 2 aromatic rings. The molecule has 2 heterocycles. The number of thiophene rings is 1. The van der Waals surface area contributed by atoms with E-state index in [1.165, 1.54) is 27.8 Å². The number of esters is 1. The lowest BCUT2D eigenvalue weighted by Gasteiger charge is -2.35. The normalized spacial score (nSPS) is 15.9. The fourth-order valence-corrected chi connectivity index (χ4v) is 5.88. The quantitative estimate of drug-likeness (QED) is 0.641. The number of ether oxygens (including phenoxy) is 1. The zero-order valence-corrected chi connectivity index (χ0v) is 18.7. The Bertz CT molecular complexity index is 1060. The Labute approximate surface area is 184 Å². The van der Waals surface area contributed by atoms with E-state index in [0.717, 1.165) is 11.3 Å². The Morgan fingerprint density at radius 2 is 1.71 bits per heavy atom. The van der Waals surface area contributed by atoms with Crippen LogP contribution in [0.2, 0.25) is 0 Å². The van der Waals surface area contributed by atoms with Gasteiger partial charge in [-0.3, -0.25) is 9.59 Å². The monoisotopic (exact) mass is 465 g/mol. The summed E-state index contributed by atoms with van der Waals surface area (Å²) in [7, 11) is -2.54. The van der Waals surface area contributed by atoms with Crippen molar-refractivity contribution in [1.82, 2.24) is 14.5 Å². The molecule has 1 aliphatic rings. The number of nitrogens with zero attached hydrogens (tertiary/aromatic N) is 2. The summed E-state index contributed by atoms with van der Waals surface area (Å²) in [4.78, 5) is 38.1. The van der Waals surface area contributed by atoms with E-state index in [1.807, 2.05) is 0 Å². The summed E-state index contributed by atoms with van der Waals surface area (Å²) >= 11 is 0.952. The van der Waals surface area contributed by atoms with Crippen molar-refractivity contribution in [3.8, 4) is 0 Å². The number of hydrogen-bond donors (Lipinski definition) is 1. The average Bonchev–Trinajstić information content (AvgIpc) is 3.30. The molecule has 1 aliphatic heterocycles. The molecule has 0 spiro atoms. The summed E-state index contributed by atoms with van der Waals surface area (Å²) < 4.78 is 31.6. The predicted octanol–water partition coefficient (Wildman–Crippen LogP) is 1.19. The maximum atomic E-state index is 12.8. The van der Waals surface area contributed by atoms with Crippen LogP contribution in [0.5, 0.6) is 0 Å². The summed E-state index contributed by atoms with van der Waals surface area (Å²) in [6.07, 6.45) is 0. The molecule has 0 radical (unpaired) electrons. The second kappa shape index (κ2) is 9.58. The van der Waals surface area contributed by atoms with Crippen LogP contribution in [-0.2, 0) is 19.6 Å². The highest BCUT2D eigenvalue weighted by Crippen LogP contribution is 2.25. The lowest BCUT2D eigenvalue weighted by atomic mass is 10.2. The number of hydrogen-bond acceptors (Lipinski definition) is 7. The smallest absolute Gasteiger partial charge is 0.338 e. The third-order valence-corrected chi connectivity index (χ3v) is 8.21. The molecule has 31 heavy (non-hydrogen) atoms. The first-order valence-corrected chi connectivity index (χ1v) is 11.9. The molecular formula is C20H23N3O6S2. The van der Waals surface area contributed by atoms with Gasteiger partial charge in [0.1, 0.15) is 10.3 Å². The average molecular weight is 466 g/mol. The van der Waals surface area contributed by atoms with E-state index in [9.17, 15) is 22.8 Å². The SMILES string of the molecule is COC(=O)c1csc(S(=O)(=O)N2CCN(C(=O)[C@H](C)NC(=O)c3ccccc3)CC2)c1. The largest absolute Gasteiger partial charge is 0.465 e. The molecule has 1 N–H and O–H groups in total. The van der Waals surface area contributed by atoms with E-state index in [-0.39, 0.29) is 47.8 Å². The Kier molecular flexibility index (Phi) is 7.08. The summed E-state index contributed by atoms with van der Waals surface area (Å²) in [6, 6.07) is 9.15. The zero-order chi connectivity index (χ0) is 22.6. The minimum atomic E-state index is -3.77. The van der Waals surface area contributed by atoms with E-state index in [0.29, 0.717) is 5.56 Å². The summed E-state index contributed by atoms with van der Waals surface area (Å²) in [5, 5.41) is 4.12. The lowest BCUT2D eigenvalue weighted by Crippen LogP contribution is -2.55. The summed E-state index contributed by atoms with van der Waals surface area (Å²) in [5.74, 6) is -1.22. The molecule has 1 atom stereocenters. The van der Waals surface area contributed by atoms with Gasteiger partial charge in [0.15, 0.2) is 0 Å². The number of methoxy groups -OCH3 is 1. The van der Waals surface area contributed by atoms with Gasteiger partial charge in [-0.2, -0.15) is 4.31 Å². The standard InChI is InChI=1S/C20H23N3O6S2/c1-14(21-18(24)15-6-4-3-5-7-15)19(25)22-8-10-23(11-9-22)31(27,28)17-12-16(13-30-17)20(26)29-2/h3-7,12-14H,8-11H2,1-2H3,(H,21,24)/t14-/m0/s1. The molecule has 11 heteroatoms. The van der Waals surface area contributed by atoms with Gasteiger partial charge in [-0.15, -0.1) is 11.3 Å². The van der Waals surface area contributed by atoms with Gasteiger partial charge in [-0.05, 0) is 25.1 Å². The summed E-state index contributed by atoms with van der Waals surface area (Å²) in [6.45, 7) is 2.27. The molecule has 166 valence electrons. The molecule has 0 saturated carbocycles. The second-order valence-corrected chi connectivity index (χ2v) is 10.0. The van der Waals surface area contributed by atoms with Gasteiger partial charge in [-0.25, -0.2) is 13.2 Å². The van der Waals surface area contributed by atoms with E-state index in [4.69, 9.17) is 0 Å². The first kappa shape index (κ1) is 22.9. The van der Waals surface area contributed by atoms with Crippen molar-refractivity contribution >= 4 is 39.1 Å². The molecule has 1 fully saturated rings. The first-order valence-electron chi connectivity index (χ1n) is 9.55. The van der Waals surface area contributed by atoms with E-state index < -0.39 is 22.0 Å². The van der Waals surface area contributed by atoms with Crippen LogP contribution >= 0.6 is 11.3 Å². The van der Waals surface area contributed by atoms with E-state index in [1.54, 1.807) is 37.3 Å². The number of amides is 2. The molecule has 0 aliphatic carbocycles. The highest BCUT2D eigenvalue weighted by Gasteiger charge is 2.33. The van der Waals surface area contributed by atoms with Crippen molar-refractivity contribution < 1.29 is 27.5 Å². The highest BCUT2D eigenvalue weighted by atomic mass is 32.2. The van der Waals surface area contributed by atoms with E-state index in [2.05, 4.69) is 10.1 Å². The fourth-order valence-electron chi connectivity index (χ4n) is 3.16. The van der Waals surface area contributed by atoms with Crippen LogP contribution in [0.1, 0.15) is 27.6 Å². The van der Waals surface area contributed by atoms with Crippen LogP contribution in [0.4, 0.5) is 0 Å². The minimum absolute atomic E-state index is 0.0520. The molecular weight excluding hydrogens is 442 g/mol. The minimum Gasteiger partial charge on any atom is -0.465 e. The van der Waals surface area contributed by atoms with Gasteiger partial charge >= 0.3 is 5.97 Å². The number of sulfonamides is 1. The molecule has 1 aromatic carbocycles. The number of benzene rings is 1. The second-order valence-electron chi connectivity index (χ2n) is 6.94. The highest BCUT2D eigenvalue weighted by molar-refractivity contribution is 7.91. The lowest BCUT2D eigenvalue weighted by molar-refractivity contribution is -0.134. The molecule has 9 nitrogen and oxygen atoms in total. The van der Waals surface area contributed by atoms with Gasteiger partial charge in [0.25, 0.3) is 15.9 Å². The Hall–Kier alpha value is -2.76. The molecule has 2 amide bonds. The number of nitrogens with one attached hydrogen (secondary N) is 1. The molecule has 3 rings (SSSR count). The number of rotatable bonds is 6. The maximum Gasteiger partial charge on any atom is 0.338 e. The van der Waals surface area contributed by atoms with Crippen LogP contribution in [0.25, 0.3) is 0 Å². The molecule has 1 aromatic heterocycles. The number of piperazine rings is 1. The van der Waals surface area contributed by atoms with Crippen molar-refractivity contribution in [2.75, 3.05) is 33.3 Å². The van der Waals surface area contributed by atoms with E-state index >= 15 is 0 Å². The zero-order valence-electron chi connectivity index (χ0n) is 17.1. The Morgan fingerprint density at radius 1 is 1.06 bits per heavy atom. The van der Waals surface area contributed by atoms with Crippen LogP contribution in [-0.4, -0.2) is 74.7 Å². The van der Waals surface area contributed by atoms with Crippen molar-refractivity contribution in [3.05, 3.63) is 52.9 Å². The van der Waals surface area contributed by atoms with Crippen LogP contribution in [0.15, 0.2) is 46.0 Å². The third kappa shape index (κ3) is 5.12. The maximum absolute atomic E-state index is 12.8. The van der Waals surface area contributed by atoms with Crippen LogP contribution in [0.3, 0.4) is 0 Å². The van der Waals surface area contributed by atoms with Crippen LogP contribution < -0.4 is 5.32 Å². The molecule has 0 bridgehead atoms. The number of carbonyl (C=O) groups excluding carboxylic acids is 3. The van der Waals surface area contributed by atoms with Crippen LogP contribution in [0, 0.1) is 0 Å². The van der Waals surface area contributed by atoms with Crippen molar-refractivity contribution in [1.29, 1.82) is 0 Å². The summed E-state index contributed by atoms with van der Waals surface area (Å²) in [5.41, 5.74) is 0.642. The predicted molar refractivity (Wildman–Crippen MR) is 114 cm³/mol. The van der Waals surface area contributed by atoms with Gasteiger partial charge in [0, 0.05) is 37.1 Å². The Morgan fingerprint density at radius 3 is 2.32 bits per heavy atom. The molecule has 1 saturated heterocycles. The third-order valence-electron chi connectivity index (χ3n) is 4.89. The topological polar surface area (TPSA) is 113 Å². The Balaban J connectivity index is 1.58. The van der Waals surface area contributed by atoms with Gasteiger partial charge < -0.3 is 15.0 Å². The molecule has 0 unspecified atom stereocenters. The fraction of sp³-hybridized carbons (Fsp3) is 0.350. The van der Waals surface area contributed by atoms with Crippen molar-refractivity contribution in [2.24, 2.45) is 0 Å². The first-order chi connectivity index (χ1) is 14.7. The van der Waals surface area contributed by atoms with Gasteiger partial charge in [0.05, 0.1) is 12.7 Å².